The van der Waals surface area contributed by atoms with Crippen molar-refractivity contribution in [2.75, 3.05) is 6.61 Å². The van der Waals surface area contributed by atoms with Crippen molar-refractivity contribution in [2.24, 2.45) is 0 Å². The van der Waals surface area contributed by atoms with E-state index in [2.05, 4.69) is 0 Å². The van der Waals surface area contributed by atoms with Gasteiger partial charge in [0.05, 0.1) is 6.61 Å². The predicted molar refractivity (Wildman–Crippen MR) is 51.7 cm³/mol. The average Bonchev–Trinajstić information content (AvgIpc) is 1.98. The van der Waals surface area contributed by atoms with Crippen molar-refractivity contribution in [3.05, 3.63) is 0 Å². The standard InChI is InChI=1S/C9H17ClO3/c1-4-5-12-9(6-7(2)10)13-8(3)11/h7,9H,4-6H2,1-3H3. The molecule has 4 heteroatoms. The number of carbonyl (C=O) groups excluding carboxylic acids is 1. The number of alkyl halides is 1. The number of carbonyl (C=O) groups is 1. The quantitative estimate of drug-likeness (QED) is 0.382. The van der Waals surface area contributed by atoms with Gasteiger partial charge in [-0.1, -0.05) is 6.92 Å². The largest absolute Gasteiger partial charge is 0.436 e. The Morgan fingerprint density at radius 2 is 2.15 bits per heavy atom. The van der Waals surface area contributed by atoms with E-state index in [-0.39, 0.29) is 11.3 Å². The summed E-state index contributed by atoms with van der Waals surface area (Å²) in [5.74, 6) is -0.335. The molecule has 0 N–H and O–H groups in total. The minimum Gasteiger partial charge on any atom is -0.436 e. The first-order valence-electron chi connectivity index (χ1n) is 4.49. The summed E-state index contributed by atoms with van der Waals surface area (Å²) in [6.07, 6.45) is 0.931. The van der Waals surface area contributed by atoms with Crippen LogP contribution in [0.25, 0.3) is 0 Å². The molecule has 0 heterocycles. The molecule has 0 amide bonds. The maximum absolute atomic E-state index is 10.7. The minimum absolute atomic E-state index is 0.0544. The minimum atomic E-state index is -0.495. The summed E-state index contributed by atoms with van der Waals surface area (Å²) in [5, 5.41) is -0.0544. The zero-order valence-electron chi connectivity index (χ0n) is 8.38. The van der Waals surface area contributed by atoms with Gasteiger partial charge in [-0.25, -0.2) is 0 Å². The van der Waals surface area contributed by atoms with Crippen molar-refractivity contribution < 1.29 is 14.3 Å². The number of hydrogen-bond donors (Lipinski definition) is 0. The van der Waals surface area contributed by atoms with Gasteiger partial charge in [0.15, 0.2) is 0 Å². The lowest BCUT2D eigenvalue weighted by atomic mass is 10.3. The normalized spacial score (nSPS) is 15.1. The summed E-state index contributed by atoms with van der Waals surface area (Å²) in [6, 6.07) is 0. The van der Waals surface area contributed by atoms with E-state index in [0.29, 0.717) is 13.0 Å². The molecule has 0 bridgehead atoms. The number of rotatable bonds is 6. The number of esters is 1. The third-order valence-corrected chi connectivity index (χ3v) is 1.50. The van der Waals surface area contributed by atoms with Gasteiger partial charge in [-0.05, 0) is 13.3 Å². The molecule has 0 aliphatic carbocycles. The fourth-order valence-corrected chi connectivity index (χ4v) is 0.995. The highest BCUT2D eigenvalue weighted by Crippen LogP contribution is 2.10. The number of hydrogen-bond acceptors (Lipinski definition) is 3. The lowest BCUT2D eigenvalue weighted by Crippen LogP contribution is -2.23. The van der Waals surface area contributed by atoms with E-state index in [1.165, 1.54) is 6.92 Å². The van der Waals surface area contributed by atoms with Crippen LogP contribution in [0.1, 0.15) is 33.6 Å². The van der Waals surface area contributed by atoms with Crippen LogP contribution in [0.5, 0.6) is 0 Å². The molecule has 0 aromatic rings. The molecule has 0 saturated carbocycles. The second-order valence-electron chi connectivity index (χ2n) is 2.93. The zero-order valence-corrected chi connectivity index (χ0v) is 9.13. The molecular weight excluding hydrogens is 192 g/mol. The first kappa shape index (κ1) is 12.7. The smallest absolute Gasteiger partial charge is 0.304 e. The molecule has 0 rings (SSSR count). The van der Waals surface area contributed by atoms with E-state index in [9.17, 15) is 4.79 Å². The molecular formula is C9H17ClO3. The first-order chi connectivity index (χ1) is 6.06. The van der Waals surface area contributed by atoms with Crippen molar-refractivity contribution in [3.8, 4) is 0 Å². The maximum Gasteiger partial charge on any atom is 0.304 e. The van der Waals surface area contributed by atoms with Crippen molar-refractivity contribution in [2.45, 2.75) is 45.3 Å². The van der Waals surface area contributed by atoms with Crippen LogP contribution in [0.2, 0.25) is 0 Å². The Labute approximate surface area is 84.4 Å². The summed E-state index contributed by atoms with van der Waals surface area (Å²) in [6.45, 7) is 5.78. The molecule has 0 aliphatic heterocycles. The van der Waals surface area contributed by atoms with Crippen LogP contribution in [0.3, 0.4) is 0 Å². The van der Waals surface area contributed by atoms with Crippen LogP contribution in [0.15, 0.2) is 0 Å². The summed E-state index contributed by atoms with van der Waals surface area (Å²) in [7, 11) is 0. The average molecular weight is 209 g/mol. The van der Waals surface area contributed by atoms with E-state index in [1.54, 1.807) is 0 Å². The SMILES string of the molecule is CCCOC(CC(C)Cl)OC(C)=O. The van der Waals surface area contributed by atoms with Crippen molar-refractivity contribution in [3.63, 3.8) is 0 Å². The molecule has 2 atom stereocenters. The van der Waals surface area contributed by atoms with Crippen LogP contribution >= 0.6 is 11.6 Å². The molecule has 2 unspecified atom stereocenters. The lowest BCUT2D eigenvalue weighted by molar-refractivity contribution is -0.177. The Balaban J connectivity index is 3.80. The molecule has 0 aliphatic rings. The van der Waals surface area contributed by atoms with E-state index < -0.39 is 6.29 Å². The molecule has 0 spiro atoms. The van der Waals surface area contributed by atoms with Gasteiger partial charge >= 0.3 is 5.97 Å². The fourth-order valence-electron chi connectivity index (χ4n) is 0.850. The van der Waals surface area contributed by atoms with Crippen LogP contribution in [-0.2, 0) is 14.3 Å². The molecule has 0 aromatic carbocycles. The Bertz CT molecular complexity index is 148. The van der Waals surface area contributed by atoms with Gasteiger partial charge in [0.25, 0.3) is 0 Å². The second-order valence-corrected chi connectivity index (χ2v) is 3.67. The fraction of sp³-hybridized carbons (Fsp3) is 0.889. The van der Waals surface area contributed by atoms with Gasteiger partial charge in [0.1, 0.15) is 0 Å². The molecule has 0 fully saturated rings. The topological polar surface area (TPSA) is 35.5 Å². The van der Waals surface area contributed by atoms with Gasteiger partial charge in [0.2, 0.25) is 6.29 Å². The second kappa shape index (κ2) is 7.15. The van der Waals surface area contributed by atoms with E-state index in [1.807, 2.05) is 13.8 Å². The van der Waals surface area contributed by atoms with Crippen molar-refractivity contribution in [1.82, 2.24) is 0 Å². The molecule has 3 nitrogen and oxygen atoms in total. The van der Waals surface area contributed by atoms with Crippen molar-refractivity contribution >= 4 is 17.6 Å². The van der Waals surface area contributed by atoms with Gasteiger partial charge in [0, 0.05) is 18.7 Å². The van der Waals surface area contributed by atoms with E-state index in [0.717, 1.165) is 6.42 Å². The Morgan fingerprint density at radius 3 is 2.54 bits per heavy atom. The molecule has 0 aromatic heterocycles. The molecule has 0 saturated heterocycles. The lowest BCUT2D eigenvalue weighted by Gasteiger charge is -2.18. The highest BCUT2D eigenvalue weighted by atomic mass is 35.5. The highest BCUT2D eigenvalue weighted by molar-refractivity contribution is 6.20. The highest BCUT2D eigenvalue weighted by Gasteiger charge is 2.14. The van der Waals surface area contributed by atoms with Crippen LogP contribution in [0.4, 0.5) is 0 Å². The van der Waals surface area contributed by atoms with Gasteiger partial charge in [-0.15, -0.1) is 11.6 Å². The van der Waals surface area contributed by atoms with E-state index >= 15 is 0 Å². The summed E-state index contributed by atoms with van der Waals surface area (Å²) < 4.78 is 10.2. The maximum atomic E-state index is 10.7. The number of ether oxygens (including phenoxy) is 2. The van der Waals surface area contributed by atoms with Crippen LogP contribution in [-0.4, -0.2) is 24.2 Å². The van der Waals surface area contributed by atoms with E-state index in [4.69, 9.17) is 21.1 Å². The summed E-state index contributed by atoms with van der Waals surface area (Å²) in [5.41, 5.74) is 0. The van der Waals surface area contributed by atoms with Crippen LogP contribution < -0.4 is 0 Å². The summed E-state index contributed by atoms with van der Waals surface area (Å²) in [4.78, 5) is 10.7. The molecule has 13 heavy (non-hydrogen) atoms. The first-order valence-corrected chi connectivity index (χ1v) is 4.92. The van der Waals surface area contributed by atoms with Crippen molar-refractivity contribution in [1.29, 1.82) is 0 Å². The Kier molecular flexibility index (Phi) is 7.00. The zero-order chi connectivity index (χ0) is 10.3. The Morgan fingerprint density at radius 1 is 1.54 bits per heavy atom. The third-order valence-electron chi connectivity index (χ3n) is 1.32. The Hall–Kier alpha value is -0.280. The van der Waals surface area contributed by atoms with Gasteiger partial charge < -0.3 is 9.47 Å². The molecule has 0 radical (unpaired) electrons. The van der Waals surface area contributed by atoms with Gasteiger partial charge in [-0.2, -0.15) is 0 Å². The van der Waals surface area contributed by atoms with Gasteiger partial charge in [-0.3, -0.25) is 4.79 Å². The van der Waals surface area contributed by atoms with Crippen LogP contribution in [0, 0.1) is 0 Å². The monoisotopic (exact) mass is 208 g/mol. The molecule has 78 valence electrons. The summed E-state index contributed by atoms with van der Waals surface area (Å²) >= 11 is 5.76. The third kappa shape index (κ3) is 8.06. The predicted octanol–water partition coefficient (Wildman–Crippen LogP) is 2.32. The number of halogens is 1.